The lowest BCUT2D eigenvalue weighted by molar-refractivity contribution is 0.647. The number of rotatable bonds is 4. The summed E-state index contributed by atoms with van der Waals surface area (Å²) in [4.78, 5) is 0.220. The Labute approximate surface area is 128 Å². The van der Waals surface area contributed by atoms with Gasteiger partial charge >= 0.3 is 0 Å². The van der Waals surface area contributed by atoms with E-state index in [1.165, 1.54) is 16.7 Å². The molecule has 0 aliphatic rings. The normalized spacial score (nSPS) is 12.7. The maximum absolute atomic E-state index is 5.92. The second-order valence-electron chi connectivity index (χ2n) is 5.25. The molecule has 19 heavy (non-hydrogen) atoms. The van der Waals surface area contributed by atoms with E-state index in [0.717, 1.165) is 11.4 Å². The molecule has 0 aliphatic carbocycles. The molecule has 0 fully saturated rings. The molecule has 0 bridgehead atoms. The molecular weight excluding hydrogens is 320 g/mol. The minimum atomic E-state index is 0.220. The van der Waals surface area contributed by atoms with Crippen molar-refractivity contribution < 1.29 is 0 Å². The van der Waals surface area contributed by atoms with Crippen molar-refractivity contribution in [3.8, 4) is 0 Å². The highest BCUT2D eigenvalue weighted by Gasteiger charge is 2.10. The number of hydrogen-bond acceptors (Lipinski definition) is 0. The minimum Gasteiger partial charge on any atom is -0.0843 e. The minimum absolute atomic E-state index is 0.220. The van der Waals surface area contributed by atoms with Crippen LogP contribution in [0.3, 0.4) is 0 Å². The maximum atomic E-state index is 5.92. The van der Waals surface area contributed by atoms with Gasteiger partial charge in [0.25, 0.3) is 0 Å². The van der Waals surface area contributed by atoms with Crippen LogP contribution < -0.4 is 0 Å². The smallest absolute Gasteiger partial charge is 0.0644 e. The highest BCUT2D eigenvalue weighted by molar-refractivity contribution is 9.09. The molecule has 100 valence electrons. The van der Waals surface area contributed by atoms with E-state index in [4.69, 9.17) is 11.6 Å². The average molecular weight is 338 g/mol. The van der Waals surface area contributed by atoms with Crippen molar-refractivity contribution in [2.24, 2.45) is 5.92 Å². The first-order valence-corrected chi connectivity index (χ1v) is 7.84. The Hall–Kier alpha value is -0.790. The van der Waals surface area contributed by atoms with Crippen LogP contribution in [-0.4, -0.2) is 0 Å². The van der Waals surface area contributed by atoms with E-state index in [-0.39, 0.29) is 4.83 Å². The molecule has 0 aromatic heterocycles. The van der Waals surface area contributed by atoms with Gasteiger partial charge in [-0.05, 0) is 41.2 Å². The molecule has 2 heteroatoms. The zero-order valence-electron chi connectivity index (χ0n) is 11.2. The third-order valence-corrected chi connectivity index (χ3v) is 4.39. The molecule has 0 saturated heterocycles. The predicted octanol–water partition coefficient (Wildman–Crippen LogP) is 6.02. The van der Waals surface area contributed by atoms with Crippen LogP contribution in [0, 0.1) is 5.92 Å². The van der Waals surface area contributed by atoms with Crippen molar-refractivity contribution in [3.05, 3.63) is 70.2 Å². The Kier molecular flexibility index (Phi) is 5.06. The summed E-state index contributed by atoms with van der Waals surface area (Å²) >= 11 is 9.67. The standard InChI is InChI=1S/C17H18BrCl/c1-12(2)11-13-3-5-14(6-4-13)17(18)15-7-9-16(19)10-8-15/h3-10,12,17H,11H2,1-2H3. The molecule has 0 nitrogen and oxygen atoms in total. The average Bonchev–Trinajstić information content (AvgIpc) is 2.39. The molecule has 0 heterocycles. The van der Waals surface area contributed by atoms with Gasteiger partial charge in [-0.1, -0.05) is 77.8 Å². The summed E-state index contributed by atoms with van der Waals surface area (Å²) in [6.45, 7) is 4.49. The Balaban J connectivity index is 2.15. The number of benzene rings is 2. The summed E-state index contributed by atoms with van der Waals surface area (Å²) in [5.74, 6) is 0.696. The van der Waals surface area contributed by atoms with E-state index in [9.17, 15) is 0 Å². The summed E-state index contributed by atoms with van der Waals surface area (Å²) in [6, 6.07) is 16.8. The van der Waals surface area contributed by atoms with Crippen LogP contribution in [0.5, 0.6) is 0 Å². The highest BCUT2D eigenvalue weighted by atomic mass is 79.9. The molecule has 0 amide bonds. The van der Waals surface area contributed by atoms with Crippen molar-refractivity contribution >= 4 is 27.5 Å². The van der Waals surface area contributed by atoms with E-state index < -0.39 is 0 Å². The van der Waals surface area contributed by atoms with E-state index >= 15 is 0 Å². The van der Waals surface area contributed by atoms with Gasteiger partial charge in [0.15, 0.2) is 0 Å². The Morgan fingerprint density at radius 1 is 0.895 bits per heavy atom. The lowest BCUT2D eigenvalue weighted by Crippen LogP contribution is -1.96. The molecule has 1 unspecified atom stereocenters. The van der Waals surface area contributed by atoms with Gasteiger partial charge in [-0.15, -0.1) is 0 Å². The van der Waals surface area contributed by atoms with Crippen LogP contribution in [0.4, 0.5) is 0 Å². The molecular formula is C17H18BrCl. The second kappa shape index (κ2) is 6.58. The zero-order valence-corrected chi connectivity index (χ0v) is 13.6. The van der Waals surface area contributed by atoms with Gasteiger partial charge in [0.05, 0.1) is 4.83 Å². The van der Waals surface area contributed by atoms with Crippen molar-refractivity contribution in [2.75, 3.05) is 0 Å². The van der Waals surface area contributed by atoms with Crippen molar-refractivity contribution in [3.63, 3.8) is 0 Å². The molecule has 0 aliphatic heterocycles. The van der Waals surface area contributed by atoms with Gasteiger partial charge in [-0.25, -0.2) is 0 Å². The topological polar surface area (TPSA) is 0 Å². The third-order valence-electron chi connectivity index (χ3n) is 3.08. The molecule has 0 spiro atoms. The molecule has 2 rings (SSSR count). The van der Waals surface area contributed by atoms with E-state index in [2.05, 4.69) is 66.2 Å². The maximum Gasteiger partial charge on any atom is 0.0644 e. The largest absolute Gasteiger partial charge is 0.0843 e. The molecule has 0 radical (unpaired) electrons. The highest BCUT2D eigenvalue weighted by Crippen LogP contribution is 2.31. The van der Waals surface area contributed by atoms with E-state index in [1.807, 2.05) is 12.1 Å². The Bertz CT molecular complexity index is 514. The summed E-state index contributed by atoms with van der Waals surface area (Å²) in [6.07, 6.45) is 1.13. The fraction of sp³-hybridized carbons (Fsp3) is 0.294. The van der Waals surface area contributed by atoms with Crippen LogP contribution in [0.1, 0.15) is 35.4 Å². The van der Waals surface area contributed by atoms with Gasteiger partial charge < -0.3 is 0 Å². The van der Waals surface area contributed by atoms with Gasteiger partial charge in [-0.3, -0.25) is 0 Å². The zero-order chi connectivity index (χ0) is 13.8. The van der Waals surface area contributed by atoms with Crippen molar-refractivity contribution in [2.45, 2.75) is 25.1 Å². The van der Waals surface area contributed by atoms with Crippen LogP contribution in [-0.2, 0) is 6.42 Å². The lowest BCUT2D eigenvalue weighted by atomic mass is 9.99. The lowest BCUT2D eigenvalue weighted by Gasteiger charge is -2.12. The van der Waals surface area contributed by atoms with Gasteiger partial charge in [0.2, 0.25) is 0 Å². The Morgan fingerprint density at radius 3 is 1.84 bits per heavy atom. The van der Waals surface area contributed by atoms with Crippen LogP contribution >= 0.6 is 27.5 Å². The monoisotopic (exact) mass is 336 g/mol. The third kappa shape index (κ3) is 4.09. The molecule has 0 N–H and O–H groups in total. The van der Waals surface area contributed by atoms with Crippen LogP contribution in [0.2, 0.25) is 5.02 Å². The van der Waals surface area contributed by atoms with Crippen LogP contribution in [0.15, 0.2) is 48.5 Å². The first kappa shape index (κ1) is 14.6. The van der Waals surface area contributed by atoms with Gasteiger partial charge in [-0.2, -0.15) is 0 Å². The summed E-state index contributed by atoms with van der Waals surface area (Å²) < 4.78 is 0. The first-order chi connectivity index (χ1) is 9.06. The van der Waals surface area contributed by atoms with E-state index in [1.54, 1.807) is 0 Å². The fourth-order valence-corrected chi connectivity index (χ4v) is 2.85. The second-order valence-corrected chi connectivity index (χ2v) is 6.61. The van der Waals surface area contributed by atoms with Gasteiger partial charge in [0, 0.05) is 5.02 Å². The Morgan fingerprint density at radius 2 is 1.37 bits per heavy atom. The van der Waals surface area contributed by atoms with Gasteiger partial charge in [0.1, 0.15) is 0 Å². The summed E-state index contributed by atoms with van der Waals surface area (Å²) in [5.41, 5.74) is 3.89. The summed E-state index contributed by atoms with van der Waals surface area (Å²) in [7, 11) is 0. The summed E-state index contributed by atoms with van der Waals surface area (Å²) in [5, 5.41) is 0.774. The quantitative estimate of drug-likeness (QED) is 0.598. The van der Waals surface area contributed by atoms with Crippen molar-refractivity contribution in [1.82, 2.24) is 0 Å². The molecule has 1 atom stereocenters. The predicted molar refractivity (Wildman–Crippen MR) is 87.2 cm³/mol. The number of hydrogen-bond donors (Lipinski definition) is 0. The molecule has 0 saturated carbocycles. The van der Waals surface area contributed by atoms with Crippen molar-refractivity contribution in [1.29, 1.82) is 0 Å². The molecule has 2 aromatic carbocycles. The van der Waals surface area contributed by atoms with E-state index in [0.29, 0.717) is 5.92 Å². The first-order valence-electron chi connectivity index (χ1n) is 6.54. The number of halogens is 2. The SMILES string of the molecule is CC(C)Cc1ccc(C(Br)c2ccc(Cl)cc2)cc1. The fourth-order valence-electron chi connectivity index (χ4n) is 2.12. The van der Waals surface area contributed by atoms with Crippen LogP contribution in [0.25, 0.3) is 0 Å². The molecule has 2 aromatic rings. The number of alkyl halides is 1.